The van der Waals surface area contributed by atoms with E-state index in [4.69, 9.17) is 16.3 Å². The summed E-state index contributed by atoms with van der Waals surface area (Å²) in [6.07, 6.45) is 0. The zero-order chi connectivity index (χ0) is 26.2. The highest BCUT2D eigenvalue weighted by atomic mass is 35.5. The number of sulfonamides is 1. The Balaban J connectivity index is 1.65. The third-order valence-corrected chi connectivity index (χ3v) is 9.01. The maximum absolute atomic E-state index is 13.5. The maximum atomic E-state index is 13.5. The van der Waals surface area contributed by atoms with Gasteiger partial charge in [0.2, 0.25) is 10.0 Å². The molecule has 37 heavy (non-hydrogen) atoms. The first-order valence-corrected chi connectivity index (χ1v) is 13.7. The summed E-state index contributed by atoms with van der Waals surface area (Å²) < 4.78 is 33.9. The van der Waals surface area contributed by atoms with Crippen molar-refractivity contribution in [2.45, 2.75) is 14.9 Å². The Morgan fingerprint density at radius 2 is 1.73 bits per heavy atom. The van der Waals surface area contributed by atoms with Crippen LogP contribution in [0.3, 0.4) is 0 Å². The topological polar surface area (TPSA) is 125 Å². The normalized spacial score (nSPS) is 14.6. The van der Waals surface area contributed by atoms with Crippen molar-refractivity contribution in [1.82, 2.24) is 13.9 Å². The van der Waals surface area contributed by atoms with Gasteiger partial charge in [-0.1, -0.05) is 35.9 Å². The number of para-hydroxylation sites is 2. The molecule has 0 unspecified atom stereocenters. The molecule has 5 rings (SSSR count). The number of aromatic nitrogens is 2. The molecule has 190 valence electrons. The van der Waals surface area contributed by atoms with Crippen molar-refractivity contribution in [3.05, 3.63) is 92.2 Å². The zero-order valence-corrected chi connectivity index (χ0v) is 21.5. The molecule has 0 spiro atoms. The van der Waals surface area contributed by atoms with E-state index in [-0.39, 0.29) is 41.3 Å². The molecule has 0 aliphatic carbocycles. The zero-order valence-electron chi connectivity index (χ0n) is 19.1. The number of nitro benzene ring substituents is 1. The van der Waals surface area contributed by atoms with Gasteiger partial charge in [-0.2, -0.15) is 4.31 Å². The number of ether oxygens (including phenoxy) is 1. The van der Waals surface area contributed by atoms with Gasteiger partial charge in [0.05, 0.1) is 49.5 Å². The van der Waals surface area contributed by atoms with Crippen molar-refractivity contribution in [2.24, 2.45) is 0 Å². The fraction of sp³-hybridized carbons (Fsp3) is 0.167. The summed E-state index contributed by atoms with van der Waals surface area (Å²) in [7, 11) is -3.95. The largest absolute Gasteiger partial charge is 0.379 e. The van der Waals surface area contributed by atoms with Crippen LogP contribution in [0.1, 0.15) is 0 Å². The van der Waals surface area contributed by atoms with E-state index >= 15 is 0 Å². The number of hydrogen-bond acceptors (Lipinski definition) is 8. The van der Waals surface area contributed by atoms with Gasteiger partial charge in [-0.05, 0) is 48.2 Å². The first kappa shape index (κ1) is 25.4. The summed E-state index contributed by atoms with van der Waals surface area (Å²) in [6.45, 7) is 0.834. The van der Waals surface area contributed by atoms with Crippen LogP contribution in [0.4, 0.5) is 5.69 Å². The van der Waals surface area contributed by atoms with Gasteiger partial charge in [0.1, 0.15) is 0 Å². The van der Waals surface area contributed by atoms with Crippen LogP contribution in [-0.2, 0) is 14.8 Å². The first-order valence-electron chi connectivity index (χ1n) is 11.1. The van der Waals surface area contributed by atoms with Crippen LogP contribution in [0.25, 0.3) is 16.6 Å². The predicted molar refractivity (Wildman–Crippen MR) is 139 cm³/mol. The second-order valence-corrected chi connectivity index (χ2v) is 11.4. The molecule has 4 aromatic rings. The Labute approximate surface area is 220 Å². The lowest BCUT2D eigenvalue weighted by atomic mass is 10.2. The van der Waals surface area contributed by atoms with E-state index in [1.54, 1.807) is 48.5 Å². The average molecular weight is 559 g/mol. The molecule has 1 fully saturated rings. The van der Waals surface area contributed by atoms with Crippen LogP contribution in [0.15, 0.2) is 86.5 Å². The Hall–Kier alpha value is -3.29. The Morgan fingerprint density at radius 1 is 1.03 bits per heavy atom. The Kier molecular flexibility index (Phi) is 7.01. The third kappa shape index (κ3) is 4.86. The lowest BCUT2D eigenvalue weighted by molar-refractivity contribution is -0.388. The molecule has 13 heteroatoms. The smallest absolute Gasteiger partial charge is 0.284 e. The Bertz CT molecular complexity index is 1690. The quantitative estimate of drug-likeness (QED) is 0.197. The van der Waals surface area contributed by atoms with Crippen LogP contribution < -0.4 is 5.56 Å². The highest BCUT2D eigenvalue weighted by Crippen LogP contribution is 2.37. The number of nitro groups is 1. The minimum absolute atomic E-state index is 0.119. The van der Waals surface area contributed by atoms with Crippen LogP contribution in [0.5, 0.6) is 0 Å². The van der Waals surface area contributed by atoms with Gasteiger partial charge in [0.25, 0.3) is 11.2 Å². The van der Waals surface area contributed by atoms with Gasteiger partial charge < -0.3 is 4.74 Å². The molecule has 0 bridgehead atoms. The molecule has 0 atom stereocenters. The van der Waals surface area contributed by atoms with E-state index in [1.807, 2.05) is 0 Å². The SMILES string of the molecule is O=c1c2ccccc2nc(Sc2ccc(S(=O)(=O)N3CCOCC3)cc2[N+](=O)[O-])n1-c1ccccc1Cl. The van der Waals surface area contributed by atoms with E-state index in [2.05, 4.69) is 4.98 Å². The van der Waals surface area contributed by atoms with Crippen molar-refractivity contribution in [1.29, 1.82) is 0 Å². The van der Waals surface area contributed by atoms with E-state index in [0.29, 0.717) is 21.6 Å². The van der Waals surface area contributed by atoms with E-state index in [0.717, 1.165) is 17.8 Å². The summed E-state index contributed by atoms with van der Waals surface area (Å²) in [6, 6.07) is 17.2. The van der Waals surface area contributed by atoms with Gasteiger partial charge in [0.15, 0.2) is 5.16 Å². The van der Waals surface area contributed by atoms with Crippen LogP contribution in [0.2, 0.25) is 5.02 Å². The molecule has 1 aliphatic heterocycles. The molecular formula is C24H19ClN4O6S2. The number of halogens is 1. The molecule has 1 aromatic heterocycles. The van der Waals surface area contributed by atoms with E-state index < -0.39 is 26.2 Å². The minimum Gasteiger partial charge on any atom is -0.379 e. The lowest BCUT2D eigenvalue weighted by Crippen LogP contribution is -2.40. The van der Waals surface area contributed by atoms with Gasteiger partial charge >= 0.3 is 0 Å². The van der Waals surface area contributed by atoms with Gasteiger partial charge in [-0.15, -0.1) is 0 Å². The summed E-state index contributed by atoms with van der Waals surface area (Å²) in [5.41, 5.74) is -0.0422. The molecule has 0 amide bonds. The number of hydrogen-bond donors (Lipinski definition) is 0. The monoisotopic (exact) mass is 558 g/mol. The summed E-state index contributed by atoms with van der Waals surface area (Å²) in [5, 5.41) is 12.8. The minimum atomic E-state index is -3.95. The second kappa shape index (κ2) is 10.2. The summed E-state index contributed by atoms with van der Waals surface area (Å²) in [5.74, 6) is 0. The summed E-state index contributed by atoms with van der Waals surface area (Å²) >= 11 is 7.28. The number of nitrogens with zero attached hydrogens (tertiary/aromatic N) is 4. The van der Waals surface area contributed by atoms with Crippen LogP contribution in [-0.4, -0.2) is 53.5 Å². The fourth-order valence-electron chi connectivity index (χ4n) is 3.95. The highest BCUT2D eigenvalue weighted by molar-refractivity contribution is 7.99. The molecule has 2 heterocycles. The number of rotatable bonds is 6. The summed E-state index contributed by atoms with van der Waals surface area (Å²) in [4.78, 5) is 29.4. The number of benzene rings is 3. The molecule has 0 N–H and O–H groups in total. The highest BCUT2D eigenvalue weighted by Gasteiger charge is 2.29. The molecular weight excluding hydrogens is 540 g/mol. The lowest BCUT2D eigenvalue weighted by Gasteiger charge is -2.26. The van der Waals surface area contributed by atoms with Crippen molar-refractivity contribution in [2.75, 3.05) is 26.3 Å². The van der Waals surface area contributed by atoms with Gasteiger partial charge in [0, 0.05) is 19.2 Å². The van der Waals surface area contributed by atoms with Gasteiger partial charge in [-0.25, -0.2) is 13.4 Å². The molecule has 1 saturated heterocycles. The van der Waals surface area contributed by atoms with E-state index in [9.17, 15) is 23.3 Å². The van der Waals surface area contributed by atoms with Crippen LogP contribution in [0, 0.1) is 10.1 Å². The van der Waals surface area contributed by atoms with Crippen molar-refractivity contribution >= 4 is 50.0 Å². The third-order valence-electron chi connectivity index (χ3n) is 5.77. The van der Waals surface area contributed by atoms with Crippen molar-refractivity contribution in [3.8, 4) is 5.69 Å². The van der Waals surface area contributed by atoms with Crippen LogP contribution >= 0.6 is 23.4 Å². The first-order chi connectivity index (χ1) is 17.8. The van der Waals surface area contributed by atoms with Crippen molar-refractivity contribution < 1.29 is 18.1 Å². The predicted octanol–water partition coefficient (Wildman–Crippen LogP) is 4.12. The second-order valence-electron chi connectivity index (χ2n) is 8.01. The van der Waals surface area contributed by atoms with Gasteiger partial charge in [-0.3, -0.25) is 19.5 Å². The number of fused-ring (bicyclic) bond motifs is 1. The maximum Gasteiger partial charge on any atom is 0.284 e. The number of morpholine rings is 1. The van der Waals surface area contributed by atoms with E-state index in [1.165, 1.54) is 21.0 Å². The molecule has 0 radical (unpaired) electrons. The fourth-order valence-corrected chi connectivity index (χ4v) is 6.58. The standard InChI is InChI=1S/C24H19ClN4O6S2/c25-18-6-2-4-8-20(18)28-23(30)17-5-1-3-7-19(17)26-24(28)36-22-10-9-16(15-21(22)29(31)32)37(33,34)27-11-13-35-14-12-27/h1-10,15H,11-14H2. The Morgan fingerprint density at radius 3 is 2.46 bits per heavy atom. The molecule has 1 aliphatic rings. The van der Waals surface area contributed by atoms with Crippen molar-refractivity contribution in [3.63, 3.8) is 0 Å². The average Bonchev–Trinajstić information content (AvgIpc) is 2.90. The molecule has 10 nitrogen and oxygen atoms in total. The molecule has 0 saturated carbocycles. The molecule has 3 aromatic carbocycles.